The van der Waals surface area contributed by atoms with Crippen molar-refractivity contribution in [2.24, 2.45) is 7.05 Å². The van der Waals surface area contributed by atoms with Crippen LogP contribution < -0.4 is 14.8 Å². The molecular weight excluding hydrogens is 359 g/mol. The number of nitrogens with zero attached hydrogens (tertiary/aromatic N) is 2. The Bertz CT molecular complexity index is 1150. The van der Waals surface area contributed by atoms with Crippen molar-refractivity contribution in [3.05, 3.63) is 77.6 Å². The minimum Gasteiger partial charge on any atom is -0.301 e. The predicted octanol–water partition coefficient (Wildman–Crippen LogP) is 2.03. The van der Waals surface area contributed by atoms with Gasteiger partial charge in [-0.2, -0.15) is 16.6 Å². The molecule has 0 saturated heterocycles. The van der Waals surface area contributed by atoms with Gasteiger partial charge in [-0.05, 0) is 52.7 Å². The highest BCUT2D eigenvalue weighted by molar-refractivity contribution is 7.08. The number of hydrogen-bond donors (Lipinski definition) is 0. The Morgan fingerprint density at radius 3 is 2.60 bits per heavy atom. The number of thiazole rings is 1. The topological polar surface area (TPSA) is 62.9 Å². The van der Waals surface area contributed by atoms with Gasteiger partial charge in [-0.3, -0.25) is 9.59 Å². The molecule has 0 N–H and O–H groups in total. The number of benzene rings is 1. The molecule has 124 valence electrons. The van der Waals surface area contributed by atoms with Crippen molar-refractivity contribution in [2.75, 3.05) is 0 Å². The Morgan fingerprint density at radius 2 is 2.00 bits per heavy atom. The first kappa shape index (κ1) is 17.0. The second kappa shape index (κ2) is 6.97. The first-order chi connectivity index (χ1) is 12.0. The summed E-state index contributed by atoms with van der Waals surface area (Å²) in [5.74, 6) is -1.01. The molecule has 0 spiro atoms. The number of halogens is 1. The Labute approximate surface area is 150 Å². The van der Waals surface area contributed by atoms with Gasteiger partial charge in [-0.25, -0.2) is 4.39 Å². The normalized spacial score (nSPS) is 12.8. The fraction of sp³-hybridized carbons (Fsp3) is 0.0556. The van der Waals surface area contributed by atoms with E-state index in [2.05, 4.69) is 0 Å². The summed E-state index contributed by atoms with van der Waals surface area (Å²) >= 11 is 2.60. The Kier molecular flexibility index (Phi) is 4.74. The standard InChI is InChI=1S/C18H11FN2O2S2/c1-21-17(23)15(8-11-6-7-24-10-11)25-18(21)14(9-20)16(22)12-2-4-13(19)5-3-12/h2-8,10H,1H3/b15-8+,18-14-. The fourth-order valence-corrected chi connectivity index (χ4v) is 3.94. The zero-order valence-corrected chi connectivity index (χ0v) is 14.7. The molecule has 0 radical (unpaired) electrons. The van der Waals surface area contributed by atoms with Gasteiger partial charge in [0.15, 0.2) is 0 Å². The van der Waals surface area contributed by atoms with E-state index in [9.17, 15) is 19.2 Å². The van der Waals surface area contributed by atoms with Crippen molar-refractivity contribution in [1.82, 2.24) is 4.57 Å². The molecule has 3 rings (SSSR count). The summed E-state index contributed by atoms with van der Waals surface area (Å²) in [5, 5.41) is 13.2. The van der Waals surface area contributed by atoms with Crippen molar-refractivity contribution in [2.45, 2.75) is 0 Å². The lowest BCUT2D eigenvalue weighted by atomic mass is 10.1. The van der Waals surface area contributed by atoms with Crippen molar-refractivity contribution >= 4 is 40.1 Å². The Hall–Kier alpha value is -2.82. The van der Waals surface area contributed by atoms with E-state index in [4.69, 9.17) is 0 Å². The highest BCUT2D eigenvalue weighted by Crippen LogP contribution is 2.10. The third-order valence-corrected chi connectivity index (χ3v) is 5.41. The van der Waals surface area contributed by atoms with Crippen LogP contribution in [0.25, 0.3) is 11.6 Å². The van der Waals surface area contributed by atoms with Crippen LogP contribution in [0, 0.1) is 17.1 Å². The van der Waals surface area contributed by atoms with Crippen molar-refractivity contribution in [3.8, 4) is 6.07 Å². The van der Waals surface area contributed by atoms with Crippen LogP contribution in [0.4, 0.5) is 4.39 Å². The summed E-state index contributed by atoms with van der Waals surface area (Å²) in [6, 6.07) is 8.71. The second-order valence-corrected chi connectivity index (χ2v) is 6.97. The molecule has 0 aliphatic heterocycles. The number of nitriles is 1. The number of thiophene rings is 1. The van der Waals surface area contributed by atoms with Gasteiger partial charge in [-0.15, -0.1) is 11.3 Å². The summed E-state index contributed by atoms with van der Waals surface area (Å²) in [6.45, 7) is 0. The van der Waals surface area contributed by atoms with E-state index in [-0.39, 0.29) is 21.4 Å². The zero-order chi connectivity index (χ0) is 18.0. The van der Waals surface area contributed by atoms with Gasteiger partial charge in [0, 0.05) is 12.6 Å². The Morgan fingerprint density at radius 1 is 1.28 bits per heavy atom. The largest absolute Gasteiger partial charge is 0.301 e. The zero-order valence-electron chi connectivity index (χ0n) is 13.0. The number of ketones is 1. The van der Waals surface area contributed by atoms with Crippen LogP contribution in [0.5, 0.6) is 0 Å². The highest BCUT2D eigenvalue weighted by atomic mass is 32.1. The summed E-state index contributed by atoms with van der Waals surface area (Å²) < 4.78 is 15.0. The number of carbonyl (C=O) groups is 1. The SMILES string of the molecule is Cn1c(=O)/c(=C\c2ccsc2)s/c1=C(/C#N)C(=O)c1ccc(F)cc1. The molecule has 0 amide bonds. The van der Waals surface area contributed by atoms with Gasteiger partial charge in [0.25, 0.3) is 5.56 Å². The number of carbonyl (C=O) groups excluding carboxylic acids is 1. The lowest BCUT2D eigenvalue weighted by Crippen LogP contribution is -2.30. The molecular formula is C18H11FN2O2S2. The average Bonchev–Trinajstić information content (AvgIpc) is 3.21. The molecule has 0 bridgehead atoms. The maximum atomic E-state index is 13.0. The second-order valence-electron chi connectivity index (χ2n) is 5.16. The van der Waals surface area contributed by atoms with Crippen LogP contribution in [0.3, 0.4) is 0 Å². The summed E-state index contributed by atoms with van der Waals surface area (Å²) in [4.78, 5) is 25.0. The monoisotopic (exact) mass is 370 g/mol. The van der Waals surface area contributed by atoms with Crippen LogP contribution in [-0.2, 0) is 7.05 Å². The summed E-state index contributed by atoms with van der Waals surface area (Å²) in [6.07, 6.45) is 1.73. The van der Waals surface area contributed by atoms with Gasteiger partial charge in [0.1, 0.15) is 22.1 Å². The first-order valence-corrected chi connectivity index (χ1v) is 8.91. The number of rotatable bonds is 3. The molecule has 7 heteroatoms. The maximum Gasteiger partial charge on any atom is 0.268 e. The molecule has 1 aromatic carbocycles. The van der Waals surface area contributed by atoms with E-state index in [0.29, 0.717) is 4.53 Å². The van der Waals surface area contributed by atoms with Crippen LogP contribution in [0.15, 0.2) is 45.9 Å². The van der Waals surface area contributed by atoms with Gasteiger partial charge in [0.2, 0.25) is 5.78 Å². The molecule has 0 unspecified atom stereocenters. The molecule has 4 nitrogen and oxygen atoms in total. The van der Waals surface area contributed by atoms with Crippen LogP contribution in [0.2, 0.25) is 0 Å². The molecule has 0 saturated carbocycles. The minimum absolute atomic E-state index is 0.138. The van der Waals surface area contributed by atoms with E-state index in [1.807, 2.05) is 22.9 Å². The minimum atomic E-state index is -0.540. The summed E-state index contributed by atoms with van der Waals surface area (Å²) in [7, 11) is 1.52. The van der Waals surface area contributed by atoms with Crippen LogP contribution >= 0.6 is 22.7 Å². The van der Waals surface area contributed by atoms with E-state index < -0.39 is 11.6 Å². The molecule has 2 heterocycles. The third-order valence-electron chi connectivity index (χ3n) is 3.53. The van der Waals surface area contributed by atoms with Gasteiger partial charge < -0.3 is 4.57 Å². The molecule has 2 aromatic heterocycles. The van der Waals surface area contributed by atoms with Gasteiger partial charge in [0.05, 0.1) is 4.53 Å². The van der Waals surface area contributed by atoms with E-state index in [0.717, 1.165) is 29.0 Å². The molecule has 0 aliphatic rings. The van der Waals surface area contributed by atoms with Crippen molar-refractivity contribution < 1.29 is 9.18 Å². The molecule has 0 aliphatic carbocycles. The third kappa shape index (κ3) is 3.36. The quantitative estimate of drug-likeness (QED) is 0.663. The van der Waals surface area contributed by atoms with Gasteiger partial charge >= 0.3 is 0 Å². The average molecular weight is 370 g/mol. The Balaban J connectivity index is 2.21. The molecule has 25 heavy (non-hydrogen) atoms. The van der Waals surface area contributed by atoms with Crippen LogP contribution in [0.1, 0.15) is 15.9 Å². The number of Topliss-reactive ketones (excluding diaryl/α,β-unsaturated/α-hetero) is 1. The first-order valence-electron chi connectivity index (χ1n) is 7.15. The summed E-state index contributed by atoms with van der Waals surface area (Å²) in [5.41, 5.74) is 0.674. The maximum absolute atomic E-state index is 13.0. The highest BCUT2D eigenvalue weighted by Gasteiger charge is 2.16. The van der Waals surface area contributed by atoms with Crippen molar-refractivity contribution in [3.63, 3.8) is 0 Å². The van der Waals surface area contributed by atoms with Gasteiger partial charge in [-0.1, -0.05) is 0 Å². The molecule has 0 fully saturated rings. The fourth-order valence-electron chi connectivity index (χ4n) is 2.23. The predicted molar refractivity (Wildman–Crippen MR) is 96.4 cm³/mol. The molecule has 3 aromatic rings. The number of aromatic nitrogens is 1. The smallest absolute Gasteiger partial charge is 0.268 e. The van der Waals surface area contributed by atoms with E-state index in [1.165, 1.54) is 35.1 Å². The van der Waals surface area contributed by atoms with Crippen LogP contribution in [-0.4, -0.2) is 10.4 Å². The molecule has 0 atom stereocenters. The van der Waals surface area contributed by atoms with E-state index >= 15 is 0 Å². The van der Waals surface area contributed by atoms with Crippen molar-refractivity contribution in [1.29, 1.82) is 5.26 Å². The van der Waals surface area contributed by atoms with E-state index in [1.54, 1.807) is 6.08 Å². The lowest BCUT2D eigenvalue weighted by molar-refractivity contribution is 0.105. The lowest BCUT2D eigenvalue weighted by Gasteiger charge is -1.99. The number of hydrogen-bond acceptors (Lipinski definition) is 5.